The molecule has 0 saturated heterocycles. The number of aryl methyl sites for hydroxylation is 1. The van der Waals surface area contributed by atoms with Gasteiger partial charge in [0.2, 0.25) is 0 Å². The van der Waals surface area contributed by atoms with Crippen LogP contribution in [0.15, 0.2) is 42.5 Å². The number of nitrogens with one attached hydrogen (secondary N) is 1. The Morgan fingerprint density at radius 3 is 2.25 bits per heavy atom. The van der Waals surface area contributed by atoms with Crippen LogP contribution in [-0.4, -0.2) is 32.7 Å². The molecular formula is C18H19NO5. The molecule has 0 spiro atoms. The third-order valence-corrected chi connectivity index (χ3v) is 3.29. The second-order valence-corrected chi connectivity index (χ2v) is 5.06. The van der Waals surface area contributed by atoms with E-state index < -0.39 is 11.9 Å². The van der Waals surface area contributed by atoms with E-state index in [0.717, 1.165) is 5.56 Å². The summed E-state index contributed by atoms with van der Waals surface area (Å²) in [5.41, 5.74) is 2.01. The van der Waals surface area contributed by atoms with E-state index in [2.05, 4.69) is 5.32 Å². The number of benzene rings is 2. The molecule has 6 heteroatoms. The first kappa shape index (κ1) is 17.3. The topological polar surface area (TPSA) is 73.9 Å². The van der Waals surface area contributed by atoms with E-state index in [1.54, 1.807) is 24.3 Å². The van der Waals surface area contributed by atoms with Crippen LogP contribution in [0.25, 0.3) is 0 Å². The smallest absolute Gasteiger partial charge is 0.338 e. The van der Waals surface area contributed by atoms with E-state index in [4.69, 9.17) is 14.2 Å². The molecule has 0 saturated carbocycles. The molecule has 0 fully saturated rings. The zero-order chi connectivity index (χ0) is 17.5. The Balaban J connectivity index is 1.92. The van der Waals surface area contributed by atoms with Gasteiger partial charge in [0.15, 0.2) is 18.1 Å². The van der Waals surface area contributed by atoms with Crippen LogP contribution in [0.4, 0.5) is 5.69 Å². The van der Waals surface area contributed by atoms with Crippen molar-refractivity contribution in [2.45, 2.75) is 6.92 Å². The minimum Gasteiger partial charge on any atom is -0.493 e. The number of amides is 1. The fourth-order valence-corrected chi connectivity index (χ4v) is 2.01. The van der Waals surface area contributed by atoms with Crippen molar-refractivity contribution in [2.24, 2.45) is 0 Å². The highest BCUT2D eigenvalue weighted by Gasteiger charge is 2.13. The summed E-state index contributed by atoms with van der Waals surface area (Å²) < 4.78 is 15.2. The van der Waals surface area contributed by atoms with Gasteiger partial charge in [-0.3, -0.25) is 4.79 Å². The lowest BCUT2D eigenvalue weighted by atomic mass is 10.2. The highest BCUT2D eigenvalue weighted by atomic mass is 16.5. The van der Waals surface area contributed by atoms with E-state index in [-0.39, 0.29) is 12.2 Å². The lowest BCUT2D eigenvalue weighted by molar-refractivity contribution is -0.119. The number of carbonyl (C=O) groups excluding carboxylic acids is 2. The first-order valence-electron chi connectivity index (χ1n) is 7.29. The minimum atomic E-state index is -0.616. The van der Waals surface area contributed by atoms with E-state index >= 15 is 0 Å². The zero-order valence-corrected chi connectivity index (χ0v) is 13.8. The van der Waals surface area contributed by atoms with Crippen molar-refractivity contribution in [1.82, 2.24) is 0 Å². The maximum absolute atomic E-state index is 12.0. The first-order valence-corrected chi connectivity index (χ1v) is 7.29. The van der Waals surface area contributed by atoms with Gasteiger partial charge in [0.05, 0.1) is 19.8 Å². The van der Waals surface area contributed by atoms with E-state index in [1.165, 1.54) is 20.3 Å². The molecule has 1 amide bonds. The van der Waals surface area contributed by atoms with E-state index in [0.29, 0.717) is 17.2 Å². The average Bonchev–Trinajstić information content (AvgIpc) is 2.61. The van der Waals surface area contributed by atoms with Gasteiger partial charge in [-0.25, -0.2) is 4.79 Å². The lowest BCUT2D eigenvalue weighted by Gasteiger charge is -2.10. The molecule has 0 aliphatic rings. The summed E-state index contributed by atoms with van der Waals surface area (Å²) in [6.07, 6.45) is 0. The molecule has 0 aliphatic carbocycles. The summed E-state index contributed by atoms with van der Waals surface area (Å²) >= 11 is 0. The number of rotatable bonds is 6. The molecule has 24 heavy (non-hydrogen) atoms. The van der Waals surface area contributed by atoms with Crippen molar-refractivity contribution >= 4 is 17.6 Å². The molecular weight excluding hydrogens is 310 g/mol. The number of esters is 1. The number of hydrogen-bond donors (Lipinski definition) is 1. The number of carbonyl (C=O) groups is 2. The van der Waals surface area contributed by atoms with Gasteiger partial charge >= 0.3 is 5.97 Å². The summed E-state index contributed by atoms with van der Waals surface area (Å²) in [4.78, 5) is 23.8. The Kier molecular flexibility index (Phi) is 5.78. The molecule has 0 atom stereocenters. The van der Waals surface area contributed by atoms with Crippen molar-refractivity contribution in [3.05, 3.63) is 53.6 Å². The minimum absolute atomic E-state index is 0.274. The van der Waals surface area contributed by atoms with Crippen LogP contribution in [0.5, 0.6) is 11.5 Å². The van der Waals surface area contributed by atoms with Gasteiger partial charge < -0.3 is 19.5 Å². The van der Waals surface area contributed by atoms with Gasteiger partial charge in [-0.05, 0) is 37.3 Å². The molecule has 0 aromatic heterocycles. The number of ether oxygens (including phenoxy) is 3. The third kappa shape index (κ3) is 4.49. The zero-order valence-electron chi connectivity index (χ0n) is 13.8. The molecule has 0 unspecified atom stereocenters. The van der Waals surface area contributed by atoms with Gasteiger partial charge in [-0.1, -0.05) is 17.7 Å². The summed E-state index contributed by atoms with van der Waals surface area (Å²) in [6.45, 7) is 1.58. The predicted molar refractivity (Wildman–Crippen MR) is 89.6 cm³/mol. The maximum atomic E-state index is 12.0. The molecule has 0 aliphatic heterocycles. The summed E-state index contributed by atoms with van der Waals surface area (Å²) in [7, 11) is 2.98. The first-order chi connectivity index (χ1) is 11.5. The Morgan fingerprint density at radius 2 is 1.62 bits per heavy atom. The highest BCUT2D eigenvalue weighted by molar-refractivity contribution is 5.95. The lowest BCUT2D eigenvalue weighted by Crippen LogP contribution is -2.20. The van der Waals surface area contributed by atoms with Crippen LogP contribution in [0.2, 0.25) is 0 Å². The Labute approximate surface area is 140 Å². The van der Waals surface area contributed by atoms with Crippen LogP contribution < -0.4 is 14.8 Å². The van der Waals surface area contributed by atoms with Crippen LogP contribution in [0, 0.1) is 6.92 Å². The largest absolute Gasteiger partial charge is 0.493 e. The quantitative estimate of drug-likeness (QED) is 0.825. The molecule has 126 valence electrons. The summed E-state index contributed by atoms with van der Waals surface area (Å²) in [5.74, 6) is -0.107. The molecule has 1 N–H and O–H groups in total. The Morgan fingerprint density at radius 1 is 0.958 bits per heavy atom. The number of anilines is 1. The van der Waals surface area contributed by atoms with E-state index in [9.17, 15) is 9.59 Å². The van der Waals surface area contributed by atoms with Crippen molar-refractivity contribution in [1.29, 1.82) is 0 Å². The summed E-state index contributed by atoms with van der Waals surface area (Å²) in [6, 6.07) is 12.0. The molecule has 2 rings (SSSR count). The fourth-order valence-electron chi connectivity index (χ4n) is 2.01. The second kappa shape index (κ2) is 8.01. The van der Waals surface area contributed by atoms with Crippen molar-refractivity contribution in [3.63, 3.8) is 0 Å². The van der Waals surface area contributed by atoms with Gasteiger partial charge in [0.25, 0.3) is 5.91 Å². The van der Waals surface area contributed by atoms with Crippen molar-refractivity contribution < 1.29 is 23.8 Å². The van der Waals surface area contributed by atoms with Gasteiger partial charge in [-0.2, -0.15) is 0 Å². The van der Waals surface area contributed by atoms with Gasteiger partial charge in [-0.15, -0.1) is 0 Å². The van der Waals surface area contributed by atoms with Crippen molar-refractivity contribution in [3.8, 4) is 11.5 Å². The number of methoxy groups -OCH3 is 2. The molecule has 0 bridgehead atoms. The predicted octanol–water partition coefficient (Wildman–Crippen LogP) is 2.81. The van der Waals surface area contributed by atoms with E-state index in [1.807, 2.05) is 19.1 Å². The highest BCUT2D eigenvalue weighted by Crippen LogP contribution is 2.27. The van der Waals surface area contributed by atoms with Crippen LogP contribution in [0.1, 0.15) is 15.9 Å². The maximum Gasteiger partial charge on any atom is 0.338 e. The van der Waals surface area contributed by atoms with Crippen LogP contribution in [-0.2, 0) is 9.53 Å². The number of hydrogen-bond acceptors (Lipinski definition) is 5. The summed E-state index contributed by atoms with van der Waals surface area (Å²) in [5, 5.41) is 2.66. The van der Waals surface area contributed by atoms with Crippen LogP contribution >= 0.6 is 0 Å². The Bertz CT molecular complexity index is 725. The van der Waals surface area contributed by atoms with Gasteiger partial charge in [0.1, 0.15) is 0 Å². The molecule has 0 radical (unpaired) electrons. The van der Waals surface area contributed by atoms with Gasteiger partial charge in [0, 0.05) is 5.69 Å². The average molecular weight is 329 g/mol. The molecule has 6 nitrogen and oxygen atoms in total. The third-order valence-electron chi connectivity index (χ3n) is 3.29. The van der Waals surface area contributed by atoms with Crippen LogP contribution in [0.3, 0.4) is 0 Å². The molecule has 2 aromatic carbocycles. The monoisotopic (exact) mass is 329 g/mol. The fraction of sp³-hybridized carbons (Fsp3) is 0.222. The molecule has 0 heterocycles. The standard InChI is InChI=1S/C18H19NO5/c1-12-4-7-14(8-5-12)19-17(20)11-24-18(21)13-6-9-15(22-2)16(10-13)23-3/h4-10H,11H2,1-3H3,(H,19,20). The van der Waals surface area contributed by atoms with Crippen molar-refractivity contribution in [2.75, 3.05) is 26.1 Å². The molecule has 2 aromatic rings. The SMILES string of the molecule is COc1ccc(C(=O)OCC(=O)Nc2ccc(C)cc2)cc1OC. The second-order valence-electron chi connectivity index (χ2n) is 5.06. The normalized spacial score (nSPS) is 9.96. The Hall–Kier alpha value is -3.02.